The lowest BCUT2D eigenvalue weighted by Gasteiger charge is -2.08. The number of methoxy groups -OCH3 is 1. The fourth-order valence-electron chi connectivity index (χ4n) is 0.948. The summed E-state index contributed by atoms with van der Waals surface area (Å²) in [6, 6.07) is 0. The Kier molecular flexibility index (Phi) is 5.88. The van der Waals surface area contributed by atoms with E-state index >= 15 is 0 Å². The molecule has 76 valence electrons. The summed E-state index contributed by atoms with van der Waals surface area (Å²) in [6.07, 6.45) is 0.670. The average Bonchev–Trinajstić information content (AvgIpc) is 2.03. The Bertz CT molecular complexity index is 177. The van der Waals surface area contributed by atoms with Crippen LogP contribution in [0.1, 0.15) is 25.7 Å². The first-order valence-corrected chi connectivity index (χ1v) is 4.05. The van der Waals surface area contributed by atoms with Gasteiger partial charge in [0.2, 0.25) is 0 Å². The fraction of sp³-hybridized carbons (Fsp3) is 0.750. The molecule has 0 aromatic carbocycles. The maximum Gasteiger partial charge on any atom is 0.332 e. The lowest BCUT2D eigenvalue weighted by Crippen LogP contribution is -2.22. The highest BCUT2D eigenvalue weighted by atomic mass is 16.5. The molecule has 0 aromatic rings. The van der Waals surface area contributed by atoms with Crippen molar-refractivity contribution in [3.63, 3.8) is 0 Å². The van der Waals surface area contributed by atoms with Crippen LogP contribution in [0.3, 0.4) is 0 Å². The van der Waals surface area contributed by atoms with Gasteiger partial charge in [0.05, 0.1) is 0 Å². The maximum absolute atomic E-state index is 10.4. The third kappa shape index (κ3) is 6.10. The number of hydrogen-bond acceptors (Lipinski definition) is 3. The van der Waals surface area contributed by atoms with E-state index in [0.29, 0.717) is 19.3 Å². The number of carboxylic acids is 2. The molecule has 0 amide bonds. The number of aliphatic carboxylic acids is 2. The molecule has 1 atom stereocenters. The van der Waals surface area contributed by atoms with Crippen molar-refractivity contribution in [2.45, 2.75) is 31.8 Å². The summed E-state index contributed by atoms with van der Waals surface area (Å²) in [5.74, 6) is -1.86. The highest BCUT2D eigenvalue weighted by molar-refractivity contribution is 5.72. The van der Waals surface area contributed by atoms with Crippen LogP contribution in [0.4, 0.5) is 0 Å². The molecule has 13 heavy (non-hydrogen) atoms. The molecule has 5 heteroatoms. The predicted octanol–water partition coefficient (Wildman–Crippen LogP) is 0.731. The van der Waals surface area contributed by atoms with Gasteiger partial charge in [-0.2, -0.15) is 0 Å². The predicted molar refractivity (Wildman–Crippen MR) is 44.5 cm³/mol. The molecule has 2 N–H and O–H groups in total. The Labute approximate surface area is 76.3 Å². The van der Waals surface area contributed by atoms with Gasteiger partial charge < -0.3 is 14.9 Å². The average molecular weight is 190 g/mol. The molecule has 5 nitrogen and oxygen atoms in total. The third-order valence-electron chi connectivity index (χ3n) is 1.67. The van der Waals surface area contributed by atoms with Crippen molar-refractivity contribution >= 4 is 11.9 Å². The summed E-state index contributed by atoms with van der Waals surface area (Å²) in [5.41, 5.74) is 0. The molecule has 0 unspecified atom stereocenters. The zero-order valence-corrected chi connectivity index (χ0v) is 7.52. The van der Waals surface area contributed by atoms with E-state index in [-0.39, 0.29) is 6.42 Å². The van der Waals surface area contributed by atoms with Crippen LogP contribution in [0, 0.1) is 0 Å². The molecular weight excluding hydrogens is 176 g/mol. The Morgan fingerprint density at radius 3 is 2.31 bits per heavy atom. The van der Waals surface area contributed by atoms with Gasteiger partial charge in [-0.1, -0.05) is 0 Å². The van der Waals surface area contributed by atoms with E-state index in [1.54, 1.807) is 0 Å². The number of ether oxygens (including phenoxy) is 1. The van der Waals surface area contributed by atoms with Crippen LogP contribution in [0.25, 0.3) is 0 Å². The molecule has 0 fully saturated rings. The molecule has 0 heterocycles. The van der Waals surface area contributed by atoms with Crippen molar-refractivity contribution in [2.75, 3.05) is 7.11 Å². The molecular formula is C8H14O5. The zero-order valence-electron chi connectivity index (χ0n) is 7.52. The van der Waals surface area contributed by atoms with Gasteiger partial charge in [-0.25, -0.2) is 4.79 Å². The normalized spacial score (nSPS) is 12.4. The zero-order chi connectivity index (χ0) is 10.3. The highest BCUT2D eigenvalue weighted by Crippen LogP contribution is 2.06. The van der Waals surface area contributed by atoms with E-state index < -0.39 is 18.0 Å². The summed E-state index contributed by atoms with van der Waals surface area (Å²) < 4.78 is 4.67. The minimum atomic E-state index is -1.00. The van der Waals surface area contributed by atoms with Crippen LogP contribution in [0.5, 0.6) is 0 Å². The molecule has 0 radical (unpaired) electrons. The Morgan fingerprint density at radius 2 is 1.92 bits per heavy atom. The Hall–Kier alpha value is -1.10. The molecule has 0 saturated carbocycles. The van der Waals surface area contributed by atoms with Crippen LogP contribution in [0.2, 0.25) is 0 Å². The van der Waals surface area contributed by atoms with Crippen molar-refractivity contribution in [2.24, 2.45) is 0 Å². The second kappa shape index (κ2) is 6.42. The van der Waals surface area contributed by atoms with E-state index in [1.807, 2.05) is 0 Å². The molecule has 0 rings (SSSR count). The van der Waals surface area contributed by atoms with Crippen molar-refractivity contribution in [1.29, 1.82) is 0 Å². The monoisotopic (exact) mass is 190 g/mol. The fourth-order valence-corrected chi connectivity index (χ4v) is 0.948. The Morgan fingerprint density at radius 1 is 1.31 bits per heavy atom. The number of unbranched alkanes of at least 4 members (excludes halogenated alkanes) is 1. The standard InChI is InChI=1S/C8H14O5/c1-13-6(8(11)12)4-2-3-5-7(9)10/h6H,2-5H2,1H3,(H,9,10)(H,11,12)/t6-/m1/s1. The van der Waals surface area contributed by atoms with Crippen molar-refractivity contribution in [3.05, 3.63) is 0 Å². The third-order valence-corrected chi connectivity index (χ3v) is 1.67. The number of carboxylic acid groups (broad SMARTS) is 2. The van der Waals surface area contributed by atoms with Crippen LogP contribution in [0.15, 0.2) is 0 Å². The minimum Gasteiger partial charge on any atom is -0.481 e. The van der Waals surface area contributed by atoms with Gasteiger partial charge >= 0.3 is 11.9 Å². The van der Waals surface area contributed by atoms with Crippen LogP contribution >= 0.6 is 0 Å². The van der Waals surface area contributed by atoms with Crippen molar-refractivity contribution in [1.82, 2.24) is 0 Å². The highest BCUT2D eigenvalue weighted by Gasteiger charge is 2.15. The van der Waals surface area contributed by atoms with Gasteiger partial charge in [-0.15, -0.1) is 0 Å². The summed E-state index contributed by atoms with van der Waals surface area (Å²) in [5, 5.41) is 16.8. The van der Waals surface area contributed by atoms with Gasteiger partial charge in [0.25, 0.3) is 0 Å². The maximum atomic E-state index is 10.4. The van der Waals surface area contributed by atoms with Gasteiger partial charge in [0, 0.05) is 13.5 Å². The van der Waals surface area contributed by atoms with E-state index in [4.69, 9.17) is 10.2 Å². The lowest BCUT2D eigenvalue weighted by molar-refractivity contribution is -0.148. The second-order valence-corrected chi connectivity index (χ2v) is 2.70. The van der Waals surface area contributed by atoms with Crippen molar-refractivity contribution in [3.8, 4) is 0 Å². The molecule has 0 aromatic heterocycles. The summed E-state index contributed by atoms with van der Waals surface area (Å²) in [7, 11) is 1.33. The summed E-state index contributed by atoms with van der Waals surface area (Å²) in [4.78, 5) is 20.5. The quantitative estimate of drug-likeness (QED) is 0.578. The number of rotatable bonds is 7. The smallest absolute Gasteiger partial charge is 0.332 e. The summed E-state index contributed by atoms with van der Waals surface area (Å²) >= 11 is 0. The van der Waals surface area contributed by atoms with Crippen LogP contribution < -0.4 is 0 Å². The first-order valence-electron chi connectivity index (χ1n) is 4.05. The topological polar surface area (TPSA) is 83.8 Å². The number of carbonyl (C=O) groups is 2. The first kappa shape index (κ1) is 11.9. The van der Waals surface area contributed by atoms with E-state index in [9.17, 15) is 9.59 Å². The molecule has 0 spiro atoms. The van der Waals surface area contributed by atoms with Crippen molar-refractivity contribution < 1.29 is 24.5 Å². The van der Waals surface area contributed by atoms with Gasteiger partial charge in [0.15, 0.2) is 6.10 Å². The van der Waals surface area contributed by atoms with Crippen LogP contribution in [-0.4, -0.2) is 35.4 Å². The van der Waals surface area contributed by atoms with Gasteiger partial charge in [-0.3, -0.25) is 4.79 Å². The molecule has 0 aliphatic carbocycles. The summed E-state index contributed by atoms with van der Waals surface area (Å²) in [6.45, 7) is 0. The number of hydrogen-bond donors (Lipinski definition) is 2. The second-order valence-electron chi connectivity index (χ2n) is 2.70. The van der Waals surface area contributed by atoms with E-state index in [0.717, 1.165) is 0 Å². The van der Waals surface area contributed by atoms with E-state index in [2.05, 4.69) is 4.74 Å². The van der Waals surface area contributed by atoms with Gasteiger partial charge in [0.1, 0.15) is 0 Å². The van der Waals surface area contributed by atoms with E-state index in [1.165, 1.54) is 7.11 Å². The SMILES string of the molecule is CO[C@H](CCCCC(=O)O)C(=O)O. The minimum absolute atomic E-state index is 0.0794. The molecule has 0 aliphatic heterocycles. The van der Waals surface area contributed by atoms with Crippen LogP contribution in [-0.2, 0) is 14.3 Å². The van der Waals surface area contributed by atoms with Gasteiger partial charge in [-0.05, 0) is 19.3 Å². The largest absolute Gasteiger partial charge is 0.481 e. The molecule has 0 bridgehead atoms. The Balaban J connectivity index is 3.50. The lowest BCUT2D eigenvalue weighted by atomic mass is 10.1. The molecule has 0 saturated heterocycles. The molecule has 0 aliphatic rings. The first-order chi connectivity index (χ1) is 6.07.